The maximum absolute atomic E-state index is 10.2. The van der Waals surface area contributed by atoms with Crippen LogP contribution in [0.2, 0.25) is 5.02 Å². The SMILES string of the molecule is CC(C)Cn1ncnc1CC(O)c1ccc(Cl)cn1. The molecule has 1 unspecified atom stereocenters. The summed E-state index contributed by atoms with van der Waals surface area (Å²) in [7, 11) is 0. The molecule has 1 N–H and O–H groups in total. The Bertz CT molecular complexity index is 524. The molecule has 102 valence electrons. The molecule has 0 aliphatic carbocycles. The largest absolute Gasteiger partial charge is 0.386 e. The van der Waals surface area contributed by atoms with Gasteiger partial charge in [0.1, 0.15) is 18.3 Å². The highest BCUT2D eigenvalue weighted by molar-refractivity contribution is 6.30. The van der Waals surface area contributed by atoms with Gasteiger partial charge >= 0.3 is 0 Å². The molecule has 0 saturated heterocycles. The number of hydrogen-bond donors (Lipinski definition) is 1. The number of rotatable bonds is 5. The first-order valence-corrected chi connectivity index (χ1v) is 6.60. The van der Waals surface area contributed by atoms with Gasteiger partial charge < -0.3 is 5.11 Å². The van der Waals surface area contributed by atoms with E-state index in [1.807, 2.05) is 4.68 Å². The molecule has 2 heterocycles. The fraction of sp³-hybridized carbons (Fsp3) is 0.462. The minimum Gasteiger partial charge on any atom is -0.386 e. The van der Waals surface area contributed by atoms with Gasteiger partial charge in [-0.05, 0) is 18.1 Å². The number of pyridine rings is 1. The molecular weight excluding hydrogens is 264 g/mol. The Morgan fingerprint density at radius 2 is 2.11 bits per heavy atom. The van der Waals surface area contributed by atoms with Crippen molar-refractivity contribution in [2.75, 3.05) is 0 Å². The maximum Gasteiger partial charge on any atom is 0.138 e. The van der Waals surface area contributed by atoms with Crippen LogP contribution in [0.3, 0.4) is 0 Å². The summed E-state index contributed by atoms with van der Waals surface area (Å²) in [6, 6.07) is 3.43. The fourth-order valence-electron chi connectivity index (χ4n) is 1.81. The quantitative estimate of drug-likeness (QED) is 0.912. The number of nitrogens with zero attached hydrogens (tertiary/aromatic N) is 4. The maximum atomic E-state index is 10.2. The normalized spacial score (nSPS) is 12.9. The van der Waals surface area contributed by atoms with Gasteiger partial charge in [-0.1, -0.05) is 25.4 Å². The van der Waals surface area contributed by atoms with Crippen LogP contribution in [0.25, 0.3) is 0 Å². The average molecular weight is 281 g/mol. The van der Waals surface area contributed by atoms with Gasteiger partial charge in [-0.25, -0.2) is 9.67 Å². The van der Waals surface area contributed by atoms with E-state index in [4.69, 9.17) is 11.6 Å². The summed E-state index contributed by atoms with van der Waals surface area (Å²) in [5.41, 5.74) is 0.587. The number of halogens is 1. The van der Waals surface area contributed by atoms with Crippen LogP contribution >= 0.6 is 11.6 Å². The van der Waals surface area contributed by atoms with E-state index in [9.17, 15) is 5.11 Å². The third-order valence-electron chi connectivity index (χ3n) is 2.70. The second kappa shape index (κ2) is 6.12. The van der Waals surface area contributed by atoms with Gasteiger partial charge in [-0.3, -0.25) is 4.98 Å². The van der Waals surface area contributed by atoms with E-state index >= 15 is 0 Å². The van der Waals surface area contributed by atoms with E-state index in [2.05, 4.69) is 28.9 Å². The van der Waals surface area contributed by atoms with Crippen LogP contribution in [0.5, 0.6) is 0 Å². The summed E-state index contributed by atoms with van der Waals surface area (Å²) in [4.78, 5) is 8.30. The van der Waals surface area contributed by atoms with E-state index in [1.165, 1.54) is 12.5 Å². The topological polar surface area (TPSA) is 63.8 Å². The summed E-state index contributed by atoms with van der Waals surface area (Å²) >= 11 is 5.77. The van der Waals surface area contributed by atoms with E-state index in [0.717, 1.165) is 12.4 Å². The number of hydrogen-bond acceptors (Lipinski definition) is 4. The van der Waals surface area contributed by atoms with E-state index in [1.54, 1.807) is 12.1 Å². The minimum atomic E-state index is -0.702. The van der Waals surface area contributed by atoms with Gasteiger partial charge in [0.25, 0.3) is 0 Å². The minimum absolute atomic E-state index is 0.390. The van der Waals surface area contributed by atoms with Crippen molar-refractivity contribution in [3.05, 3.63) is 41.2 Å². The first kappa shape index (κ1) is 14.0. The predicted molar refractivity (Wildman–Crippen MR) is 72.8 cm³/mol. The Kier molecular flexibility index (Phi) is 4.50. The van der Waals surface area contributed by atoms with Crippen molar-refractivity contribution in [1.82, 2.24) is 19.7 Å². The zero-order valence-corrected chi connectivity index (χ0v) is 11.7. The number of aliphatic hydroxyl groups excluding tert-OH is 1. The van der Waals surface area contributed by atoms with Gasteiger partial charge in [0.15, 0.2) is 0 Å². The molecule has 0 bridgehead atoms. The van der Waals surface area contributed by atoms with Crippen molar-refractivity contribution in [3.63, 3.8) is 0 Å². The van der Waals surface area contributed by atoms with E-state index in [0.29, 0.717) is 23.1 Å². The molecule has 0 aliphatic rings. The average Bonchev–Trinajstić information content (AvgIpc) is 2.76. The molecule has 0 spiro atoms. The molecule has 2 aromatic heterocycles. The molecule has 0 saturated carbocycles. The third-order valence-corrected chi connectivity index (χ3v) is 2.92. The molecule has 0 radical (unpaired) electrons. The molecule has 5 nitrogen and oxygen atoms in total. The number of aliphatic hydroxyl groups is 1. The summed E-state index contributed by atoms with van der Waals surface area (Å²) < 4.78 is 1.82. The monoisotopic (exact) mass is 280 g/mol. The van der Waals surface area contributed by atoms with Gasteiger partial charge in [-0.2, -0.15) is 5.10 Å². The van der Waals surface area contributed by atoms with Crippen LogP contribution in [0.4, 0.5) is 0 Å². The van der Waals surface area contributed by atoms with Crippen LogP contribution in [0.1, 0.15) is 31.5 Å². The second-order valence-electron chi connectivity index (χ2n) is 4.87. The van der Waals surface area contributed by atoms with Gasteiger partial charge in [0.2, 0.25) is 0 Å². The highest BCUT2D eigenvalue weighted by atomic mass is 35.5. The Hall–Kier alpha value is -1.46. The van der Waals surface area contributed by atoms with Crippen molar-refractivity contribution in [2.45, 2.75) is 32.9 Å². The summed E-state index contributed by atoms with van der Waals surface area (Å²) in [6.45, 7) is 5.02. The molecule has 2 aromatic rings. The molecule has 0 amide bonds. The van der Waals surface area contributed by atoms with Crippen molar-refractivity contribution in [3.8, 4) is 0 Å². The lowest BCUT2D eigenvalue weighted by Gasteiger charge is -2.12. The lowest BCUT2D eigenvalue weighted by atomic mass is 10.1. The molecule has 6 heteroatoms. The van der Waals surface area contributed by atoms with Crippen molar-refractivity contribution in [1.29, 1.82) is 0 Å². The van der Waals surface area contributed by atoms with Crippen LogP contribution in [-0.2, 0) is 13.0 Å². The van der Waals surface area contributed by atoms with Gasteiger partial charge in [0, 0.05) is 19.2 Å². The van der Waals surface area contributed by atoms with Gasteiger partial charge in [0.05, 0.1) is 10.7 Å². The molecule has 0 aliphatic heterocycles. The van der Waals surface area contributed by atoms with Crippen LogP contribution in [0, 0.1) is 5.92 Å². The zero-order valence-electron chi connectivity index (χ0n) is 11.0. The van der Waals surface area contributed by atoms with Gasteiger partial charge in [-0.15, -0.1) is 0 Å². The van der Waals surface area contributed by atoms with Crippen LogP contribution in [0.15, 0.2) is 24.7 Å². The molecular formula is C13H17ClN4O. The summed E-state index contributed by atoms with van der Waals surface area (Å²) in [6.07, 6.45) is 2.73. The zero-order chi connectivity index (χ0) is 13.8. The van der Waals surface area contributed by atoms with E-state index in [-0.39, 0.29) is 0 Å². The smallest absolute Gasteiger partial charge is 0.138 e. The number of aromatic nitrogens is 4. The van der Waals surface area contributed by atoms with Crippen LogP contribution in [-0.4, -0.2) is 24.9 Å². The van der Waals surface area contributed by atoms with Crippen molar-refractivity contribution < 1.29 is 5.11 Å². The molecule has 1 atom stereocenters. The second-order valence-corrected chi connectivity index (χ2v) is 5.31. The first-order chi connectivity index (χ1) is 9.06. The molecule has 2 rings (SSSR count). The first-order valence-electron chi connectivity index (χ1n) is 6.22. The van der Waals surface area contributed by atoms with Crippen LogP contribution < -0.4 is 0 Å². The standard InChI is InChI=1S/C13H17ClN4O/c1-9(2)7-18-13(16-8-17-18)5-12(19)11-4-3-10(14)6-15-11/h3-4,6,8-9,12,19H,5,7H2,1-2H3. The molecule has 0 aromatic carbocycles. The van der Waals surface area contributed by atoms with Crippen molar-refractivity contribution >= 4 is 11.6 Å². The summed E-state index contributed by atoms with van der Waals surface area (Å²) in [5.74, 6) is 1.24. The Labute approximate surface area is 117 Å². The summed E-state index contributed by atoms with van der Waals surface area (Å²) in [5, 5.41) is 14.9. The molecule has 0 fully saturated rings. The molecule has 19 heavy (non-hydrogen) atoms. The predicted octanol–water partition coefficient (Wildman–Crippen LogP) is 2.26. The lowest BCUT2D eigenvalue weighted by molar-refractivity contribution is 0.168. The van der Waals surface area contributed by atoms with Crippen molar-refractivity contribution in [2.24, 2.45) is 5.92 Å². The highest BCUT2D eigenvalue weighted by Gasteiger charge is 2.14. The highest BCUT2D eigenvalue weighted by Crippen LogP contribution is 2.17. The third kappa shape index (κ3) is 3.75. The fourth-order valence-corrected chi connectivity index (χ4v) is 1.92. The Balaban J connectivity index is 2.08. The van der Waals surface area contributed by atoms with E-state index < -0.39 is 6.10 Å². The lowest BCUT2D eigenvalue weighted by Crippen LogP contribution is -2.14. The Morgan fingerprint density at radius 1 is 1.32 bits per heavy atom. The Morgan fingerprint density at radius 3 is 2.74 bits per heavy atom.